The summed E-state index contributed by atoms with van der Waals surface area (Å²) in [6.07, 6.45) is 48.0. The predicted molar refractivity (Wildman–Crippen MR) is 208 cm³/mol. The zero-order chi connectivity index (χ0) is 34.6. The third-order valence-electron chi connectivity index (χ3n) is 9.32. The number of nitrogens with zero attached hydrogens (tertiary/aromatic N) is 1. The molecular formula is C43H79NO4. The second kappa shape index (κ2) is 35.6. The molecule has 0 radical (unpaired) electrons. The minimum absolute atomic E-state index is 0.0541. The van der Waals surface area contributed by atoms with Gasteiger partial charge >= 0.3 is 0 Å². The van der Waals surface area contributed by atoms with Crippen LogP contribution < -0.4 is 0 Å². The SMILES string of the molecule is CCCCC/C=C\C/C=C\CCCCCCCCOC1CN(CC(O)CO)C[C@H]1OCCCCCCCC/C=C\C/C=C\CCCCC. The molecule has 1 aliphatic rings. The summed E-state index contributed by atoms with van der Waals surface area (Å²) < 4.78 is 12.7. The summed E-state index contributed by atoms with van der Waals surface area (Å²) in [5, 5.41) is 19.3. The van der Waals surface area contributed by atoms with E-state index in [2.05, 4.69) is 67.4 Å². The first-order valence-electron chi connectivity index (χ1n) is 20.6. The van der Waals surface area contributed by atoms with Crippen LogP contribution >= 0.6 is 0 Å². The average molecular weight is 674 g/mol. The van der Waals surface area contributed by atoms with E-state index >= 15 is 0 Å². The summed E-state index contributed by atoms with van der Waals surface area (Å²) in [7, 11) is 0. The molecule has 5 heteroatoms. The number of hydrogen-bond acceptors (Lipinski definition) is 5. The lowest BCUT2D eigenvalue weighted by Crippen LogP contribution is -2.33. The van der Waals surface area contributed by atoms with Crippen molar-refractivity contribution < 1.29 is 19.7 Å². The van der Waals surface area contributed by atoms with Gasteiger partial charge in [-0.3, -0.25) is 4.90 Å². The third-order valence-corrected chi connectivity index (χ3v) is 9.32. The minimum atomic E-state index is -0.704. The van der Waals surface area contributed by atoms with E-state index in [-0.39, 0.29) is 18.8 Å². The van der Waals surface area contributed by atoms with Crippen LogP contribution in [0.2, 0.25) is 0 Å². The van der Waals surface area contributed by atoms with Gasteiger partial charge in [0.2, 0.25) is 0 Å². The van der Waals surface area contributed by atoms with E-state index in [4.69, 9.17) is 9.47 Å². The maximum Gasteiger partial charge on any atom is 0.0975 e. The van der Waals surface area contributed by atoms with E-state index in [1.807, 2.05) is 0 Å². The molecule has 0 bridgehead atoms. The third kappa shape index (κ3) is 28.6. The summed E-state index contributed by atoms with van der Waals surface area (Å²) in [4.78, 5) is 2.19. The van der Waals surface area contributed by atoms with E-state index in [0.29, 0.717) is 6.54 Å². The van der Waals surface area contributed by atoms with E-state index < -0.39 is 6.10 Å². The van der Waals surface area contributed by atoms with Crippen LogP contribution in [0.25, 0.3) is 0 Å². The fourth-order valence-corrected chi connectivity index (χ4v) is 6.29. The largest absolute Gasteiger partial charge is 0.394 e. The molecule has 0 aliphatic carbocycles. The molecule has 0 spiro atoms. The molecule has 1 saturated heterocycles. The second-order valence-electron chi connectivity index (χ2n) is 14.0. The highest BCUT2D eigenvalue weighted by Crippen LogP contribution is 2.19. The van der Waals surface area contributed by atoms with Crippen LogP contribution in [0.3, 0.4) is 0 Å². The first kappa shape index (κ1) is 44.8. The van der Waals surface area contributed by atoms with E-state index in [9.17, 15) is 10.2 Å². The van der Waals surface area contributed by atoms with Crippen LogP contribution in [0.5, 0.6) is 0 Å². The van der Waals surface area contributed by atoms with Crippen molar-refractivity contribution in [2.45, 2.75) is 186 Å². The molecule has 280 valence electrons. The van der Waals surface area contributed by atoms with Crippen molar-refractivity contribution in [3.05, 3.63) is 48.6 Å². The van der Waals surface area contributed by atoms with Gasteiger partial charge in [-0.2, -0.15) is 0 Å². The van der Waals surface area contributed by atoms with Gasteiger partial charge in [0.15, 0.2) is 0 Å². The minimum Gasteiger partial charge on any atom is -0.394 e. The quantitative estimate of drug-likeness (QED) is 0.0518. The Balaban J connectivity index is 2.08. The molecule has 0 aromatic heterocycles. The zero-order valence-electron chi connectivity index (χ0n) is 31.7. The van der Waals surface area contributed by atoms with Crippen molar-refractivity contribution in [3.8, 4) is 0 Å². The molecule has 48 heavy (non-hydrogen) atoms. The maximum absolute atomic E-state index is 9.97. The molecule has 1 aliphatic heterocycles. The molecule has 0 saturated carbocycles. The van der Waals surface area contributed by atoms with E-state index in [1.165, 1.54) is 128 Å². The predicted octanol–water partition coefficient (Wildman–Crippen LogP) is 11.1. The van der Waals surface area contributed by atoms with Crippen LogP contribution in [0.1, 0.15) is 168 Å². The Bertz CT molecular complexity index is 721. The van der Waals surface area contributed by atoms with Crippen molar-refractivity contribution >= 4 is 0 Å². The molecule has 0 aromatic carbocycles. The maximum atomic E-state index is 9.97. The van der Waals surface area contributed by atoms with Crippen LogP contribution in [-0.4, -0.2) is 72.9 Å². The highest BCUT2D eigenvalue weighted by atomic mass is 16.5. The molecule has 1 rings (SSSR count). The Morgan fingerprint density at radius 2 is 0.875 bits per heavy atom. The molecule has 0 aromatic rings. The van der Waals surface area contributed by atoms with Crippen molar-refractivity contribution in [1.82, 2.24) is 4.90 Å². The molecule has 2 N–H and O–H groups in total. The van der Waals surface area contributed by atoms with Crippen LogP contribution in [0.4, 0.5) is 0 Å². The highest BCUT2D eigenvalue weighted by molar-refractivity contribution is 4.93. The molecular weight excluding hydrogens is 594 g/mol. The lowest BCUT2D eigenvalue weighted by Gasteiger charge is -2.20. The number of aliphatic hydroxyl groups is 2. The number of aliphatic hydroxyl groups excluding tert-OH is 2. The Morgan fingerprint density at radius 1 is 0.521 bits per heavy atom. The average Bonchev–Trinajstić information content (AvgIpc) is 3.47. The van der Waals surface area contributed by atoms with Gasteiger partial charge in [-0.05, 0) is 77.0 Å². The first-order valence-corrected chi connectivity index (χ1v) is 20.6. The van der Waals surface area contributed by atoms with Gasteiger partial charge in [0.1, 0.15) is 0 Å². The number of allylic oxidation sites excluding steroid dienone is 8. The molecule has 1 fully saturated rings. The number of hydrogen-bond donors (Lipinski definition) is 2. The monoisotopic (exact) mass is 674 g/mol. The summed E-state index contributed by atoms with van der Waals surface area (Å²) in [6, 6.07) is 0. The summed E-state index contributed by atoms with van der Waals surface area (Å²) >= 11 is 0. The Kier molecular flexibility index (Phi) is 33.2. The number of ether oxygens (including phenoxy) is 2. The van der Waals surface area contributed by atoms with Gasteiger partial charge in [0.05, 0.1) is 24.9 Å². The second-order valence-corrected chi connectivity index (χ2v) is 14.0. The Labute approximate surface area is 298 Å². The Morgan fingerprint density at radius 3 is 1.25 bits per heavy atom. The topological polar surface area (TPSA) is 62.2 Å². The smallest absolute Gasteiger partial charge is 0.0975 e. The summed E-state index contributed by atoms with van der Waals surface area (Å²) in [6.45, 7) is 7.89. The highest BCUT2D eigenvalue weighted by Gasteiger charge is 2.34. The molecule has 3 atom stereocenters. The molecule has 0 amide bonds. The Hall–Kier alpha value is -1.24. The van der Waals surface area contributed by atoms with E-state index in [0.717, 1.165) is 52.0 Å². The lowest BCUT2D eigenvalue weighted by molar-refractivity contribution is -0.0481. The van der Waals surface area contributed by atoms with Crippen LogP contribution in [0, 0.1) is 0 Å². The van der Waals surface area contributed by atoms with Crippen LogP contribution in [0.15, 0.2) is 48.6 Å². The number of β-amino-alcohol motifs (C(OH)–C–C–N with tert-alkyl or cyclic N) is 1. The fraction of sp³-hybridized carbons (Fsp3) is 0.814. The van der Waals surface area contributed by atoms with Crippen molar-refractivity contribution in [1.29, 1.82) is 0 Å². The van der Waals surface area contributed by atoms with Crippen molar-refractivity contribution in [2.24, 2.45) is 0 Å². The lowest BCUT2D eigenvalue weighted by atomic mass is 10.1. The van der Waals surface area contributed by atoms with Gasteiger partial charge in [0, 0.05) is 32.8 Å². The summed E-state index contributed by atoms with van der Waals surface area (Å²) in [5.41, 5.74) is 0. The van der Waals surface area contributed by atoms with Crippen molar-refractivity contribution in [3.63, 3.8) is 0 Å². The number of unbranched alkanes of at least 4 members (excludes halogenated alkanes) is 18. The fourth-order valence-electron chi connectivity index (χ4n) is 6.29. The molecule has 1 heterocycles. The van der Waals surface area contributed by atoms with Gasteiger partial charge < -0.3 is 19.7 Å². The number of likely N-dealkylation sites (tertiary alicyclic amines) is 1. The van der Waals surface area contributed by atoms with Gasteiger partial charge in [-0.1, -0.05) is 140 Å². The van der Waals surface area contributed by atoms with Crippen molar-refractivity contribution in [2.75, 3.05) is 39.5 Å². The summed E-state index contributed by atoms with van der Waals surface area (Å²) in [5.74, 6) is 0. The number of rotatable bonds is 35. The van der Waals surface area contributed by atoms with Crippen LogP contribution in [-0.2, 0) is 9.47 Å². The molecule has 2 unspecified atom stereocenters. The molecule has 5 nitrogen and oxygen atoms in total. The first-order chi connectivity index (χ1) is 23.7. The standard InChI is InChI=1S/C43H79NO4/c1-3-5-7-9-11-13-15-17-19-21-23-25-27-29-31-33-35-47-42-38-44(37-41(46)40-45)39-43(42)48-36-34-32-30-28-26-24-22-20-18-16-14-12-10-8-6-4-2/h11-14,17-20,41-43,45-46H,3-10,15-16,21-40H2,1-2H3/b13-11-,14-12-,19-17-,20-18-/t41?,42-,43?/m1/s1. The van der Waals surface area contributed by atoms with E-state index in [1.54, 1.807) is 0 Å². The van der Waals surface area contributed by atoms with Gasteiger partial charge in [-0.15, -0.1) is 0 Å². The van der Waals surface area contributed by atoms with Gasteiger partial charge in [0.25, 0.3) is 0 Å². The van der Waals surface area contributed by atoms with Gasteiger partial charge in [-0.25, -0.2) is 0 Å². The zero-order valence-corrected chi connectivity index (χ0v) is 31.7. The normalized spacial score (nSPS) is 18.2.